The highest BCUT2D eigenvalue weighted by Crippen LogP contribution is 2.16. The first-order valence-corrected chi connectivity index (χ1v) is 9.41. The highest BCUT2D eigenvalue weighted by molar-refractivity contribution is 5.78. The summed E-state index contributed by atoms with van der Waals surface area (Å²) in [6, 6.07) is 16.6. The number of carbonyl (C=O) groups is 1. The quantitative estimate of drug-likeness (QED) is 0.697. The number of nitrogens with one attached hydrogen (secondary N) is 1. The van der Waals surface area contributed by atoms with Crippen molar-refractivity contribution in [3.63, 3.8) is 0 Å². The largest absolute Gasteiger partial charge is 0.378 e. The van der Waals surface area contributed by atoms with Crippen molar-refractivity contribution in [2.45, 2.75) is 39.3 Å². The van der Waals surface area contributed by atoms with Gasteiger partial charge in [0.1, 0.15) is 5.82 Å². The van der Waals surface area contributed by atoms with Crippen LogP contribution in [-0.2, 0) is 17.8 Å². The van der Waals surface area contributed by atoms with Crippen LogP contribution in [0.2, 0.25) is 0 Å². The highest BCUT2D eigenvalue weighted by atomic mass is 16.1. The van der Waals surface area contributed by atoms with Gasteiger partial charge in [-0.25, -0.2) is 4.98 Å². The first-order valence-electron chi connectivity index (χ1n) is 9.41. The number of aryl methyl sites for hydroxylation is 2. The van der Waals surface area contributed by atoms with Crippen LogP contribution in [0.1, 0.15) is 24.7 Å². The highest BCUT2D eigenvalue weighted by Gasteiger charge is 2.11. The number of anilines is 1. The number of para-hydroxylation sites is 2. The van der Waals surface area contributed by atoms with Gasteiger partial charge in [-0.05, 0) is 50.1 Å². The molecule has 0 saturated heterocycles. The fourth-order valence-electron chi connectivity index (χ4n) is 3.37. The Hall–Kier alpha value is -2.82. The number of aromatic nitrogens is 2. The van der Waals surface area contributed by atoms with Gasteiger partial charge < -0.3 is 14.8 Å². The predicted octanol–water partition coefficient (Wildman–Crippen LogP) is 3.55. The summed E-state index contributed by atoms with van der Waals surface area (Å²) < 4.78 is 2.11. The minimum atomic E-state index is 0.0737. The molecule has 1 N–H and O–H groups in total. The van der Waals surface area contributed by atoms with Gasteiger partial charge in [-0.1, -0.05) is 24.3 Å². The molecule has 0 aliphatic heterocycles. The molecule has 0 radical (unpaired) electrons. The number of rotatable bonds is 7. The SMILES string of the molecule is Cc1nc2ccccc2n1CCC(=O)NC(C)Cc1ccc(N(C)C)cc1. The third-order valence-electron chi connectivity index (χ3n) is 4.81. The van der Waals surface area contributed by atoms with E-state index in [0.29, 0.717) is 13.0 Å². The average molecular weight is 364 g/mol. The molecule has 1 atom stereocenters. The van der Waals surface area contributed by atoms with E-state index in [2.05, 4.69) is 51.0 Å². The summed E-state index contributed by atoms with van der Waals surface area (Å²) in [5, 5.41) is 3.11. The average Bonchev–Trinajstić information content (AvgIpc) is 2.95. The predicted molar refractivity (Wildman–Crippen MR) is 111 cm³/mol. The number of hydrogen-bond acceptors (Lipinski definition) is 3. The maximum absolute atomic E-state index is 12.4. The van der Waals surface area contributed by atoms with E-state index < -0.39 is 0 Å². The summed E-state index contributed by atoms with van der Waals surface area (Å²) in [7, 11) is 4.06. The molecular weight excluding hydrogens is 336 g/mol. The van der Waals surface area contributed by atoms with E-state index in [9.17, 15) is 4.79 Å². The standard InChI is InChI=1S/C22H28N4O/c1-16(15-18-9-11-19(12-10-18)25(3)4)23-22(27)13-14-26-17(2)24-20-7-5-6-8-21(20)26/h5-12,16H,13-15H2,1-4H3,(H,23,27). The van der Waals surface area contributed by atoms with Crippen molar-refractivity contribution in [2.75, 3.05) is 19.0 Å². The zero-order chi connectivity index (χ0) is 19.4. The molecule has 1 unspecified atom stereocenters. The van der Waals surface area contributed by atoms with Crippen molar-refractivity contribution in [1.82, 2.24) is 14.9 Å². The fraction of sp³-hybridized carbons (Fsp3) is 0.364. The Bertz CT molecular complexity index is 912. The van der Waals surface area contributed by atoms with Gasteiger partial charge in [0.15, 0.2) is 0 Å². The lowest BCUT2D eigenvalue weighted by atomic mass is 10.1. The van der Waals surface area contributed by atoms with Gasteiger partial charge in [-0.2, -0.15) is 0 Å². The number of amides is 1. The van der Waals surface area contributed by atoms with Gasteiger partial charge in [-0.3, -0.25) is 4.79 Å². The number of hydrogen-bond donors (Lipinski definition) is 1. The van der Waals surface area contributed by atoms with Gasteiger partial charge in [0.2, 0.25) is 5.91 Å². The molecule has 0 bridgehead atoms. The van der Waals surface area contributed by atoms with E-state index in [1.807, 2.05) is 45.3 Å². The van der Waals surface area contributed by atoms with Crippen molar-refractivity contribution in [1.29, 1.82) is 0 Å². The number of fused-ring (bicyclic) bond motifs is 1. The Kier molecular flexibility index (Phi) is 5.79. The molecule has 0 fully saturated rings. The van der Waals surface area contributed by atoms with E-state index in [-0.39, 0.29) is 11.9 Å². The zero-order valence-electron chi connectivity index (χ0n) is 16.6. The lowest BCUT2D eigenvalue weighted by Crippen LogP contribution is -2.34. The van der Waals surface area contributed by atoms with Crippen LogP contribution in [-0.4, -0.2) is 35.6 Å². The van der Waals surface area contributed by atoms with Crippen LogP contribution in [0.15, 0.2) is 48.5 Å². The number of nitrogens with zero attached hydrogens (tertiary/aromatic N) is 3. The van der Waals surface area contributed by atoms with Crippen molar-refractivity contribution in [3.8, 4) is 0 Å². The Morgan fingerprint density at radius 3 is 2.56 bits per heavy atom. The molecule has 27 heavy (non-hydrogen) atoms. The van der Waals surface area contributed by atoms with Crippen molar-refractivity contribution < 1.29 is 4.79 Å². The molecule has 2 aromatic carbocycles. The van der Waals surface area contributed by atoms with Gasteiger partial charge in [0.25, 0.3) is 0 Å². The Balaban J connectivity index is 1.53. The molecule has 0 aliphatic rings. The van der Waals surface area contributed by atoms with Crippen LogP contribution in [0.5, 0.6) is 0 Å². The third-order valence-corrected chi connectivity index (χ3v) is 4.81. The summed E-state index contributed by atoms with van der Waals surface area (Å²) in [5.74, 6) is 1.02. The number of imidazole rings is 1. The Labute approximate surface area is 161 Å². The number of benzene rings is 2. The van der Waals surface area contributed by atoms with Gasteiger partial charge in [-0.15, -0.1) is 0 Å². The molecule has 3 rings (SSSR count). The molecule has 1 amide bonds. The normalized spacial score (nSPS) is 12.1. The molecule has 5 heteroatoms. The molecule has 1 heterocycles. The van der Waals surface area contributed by atoms with Crippen LogP contribution in [0.3, 0.4) is 0 Å². The smallest absolute Gasteiger partial charge is 0.222 e. The lowest BCUT2D eigenvalue weighted by molar-refractivity contribution is -0.121. The second-order valence-electron chi connectivity index (χ2n) is 7.28. The summed E-state index contributed by atoms with van der Waals surface area (Å²) in [6.45, 7) is 4.68. The van der Waals surface area contributed by atoms with E-state index in [1.165, 1.54) is 11.3 Å². The molecule has 1 aromatic heterocycles. The Morgan fingerprint density at radius 2 is 1.85 bits per heavy atom. The van der Waals surface area contributed by atoms with Gasteiger partial charge in [0.05, 0.1) is 11.0 Å². The summed E-state index contributed by atoms with van der Waals surface area (Å²) in [6.07, 6.45) is 1.28. The molecule has 142 valence electrons. The first kappa shape index (κ1) is 19.0. The molecular formula is C22H28N4O. The maximum Gasteiger partial charge on any atom is 0.222 e. The van der Waals surface area contributed by atoms with E-state index in [1.54, 1.807) is 0 Å². The second-order valence-corrected chi connectivity index (χ2v) is 7.28. The lowest BCUT2D eigenvalue weighted by Gasteiger charge is -2.16. The molecule has 0 spiro atoms. The fourth-order valence-corrected chi connectivity index (χ4v) is 3.37. The first-order chi connectivity index (χ1) is 12.9. The molecule has 0 saturated carbocycles. The summed E-state index contributed by atoms with van der Waals surface area (Å²) in [4.78, 5) is 19.0. The van der Waals surface area contributed by atoms with Crippen molar-refractivity contribution >= 4 is 22.6 Å². The van der Waals surface area contributed by atoms with Crippen LogP contribution in [0, 0.1) is 6.92 Å². The van der Waals surface area contributed by atoms with Gasteiger partial charge in [0, 0.05) is 38.8 Å². The van der Waals surface area contributed by atoms with Gasteiger partial charge >= 0.3 is 0 Å². The van der Waals surface area contributed by atoms with E-state index in [4.69, 9.17) is 0 Å². The van der Waals surface area contributed by atoms with E-state index >= 15 is 0 Å². The van der Waals surface area contributed by atoms with Crippen molar-refractivity contribution in [3.05, 3.63) is 59.9 Å². The molecule has 5 nitrogen and oxygen atoms in total. The topological polar surface area (TPSA) is 50.2 Å². The maximum atomic E-state index is 12.4. The molecule has 0 aliphatic carbocycles. The van der Waals surface area contributed by atoms with Crippen molar-refractivity contribution in [2.24, 2.45) is 0 Å². The van der Waals surface area contributed by atoms with Crippen LogP contribution < -0.4 is 10.2 Å². The second kappa shape index (κ2) is 8.25. The monoisotopic (exact) mass is 364 g/mol. The number of carbonyl (C=O) groups excluding carboxylic acids is 1. The van der Waals surface area contributed by atoms with E-state index in [0.717, 1.165) is 23.3 Å². The minimum Gasteiger partial charge on any atom is -0.378 e. The molecule has 3 aromatic rings. The third kappa shape index (κ3) is 4.67. The summed E-state index contributed by atoms with van der Waals surface area (Å²) >= 11 is 0. The Morgan fingerprint density at radius 1 is 1.15 bits per heavy atom. The summed E-state index contributed by atoms with van der Waals surface area (Å²) in [5.41, 5.74) is 4.46. The van der Waals surface area contributed by atoms with Crippen LogP contribution in [0.4, 0.5) is 5.69 Å². The van der Waals surface area contributed by atoms with Crippen LogP contribution >= 0.6 is 0 Å². The van der Waals surface area contributed by atoms with Crippen LogP contribution in [0.25, 0.3) is 11.0 Å². The zero-order valence-corrected chi connectivity index (χ0v) is 16.6. The minimum absolute atomic E-state index is 0.0737.